The van der Waals surface area contributed by atoms with E-state index >= 15 is 0 Å². The quantitative estimate of drug-likeness (QED) is 0.820. The Bertz CT molecular complexity index is 560. The fraction of sp³-hybridized carbons (Fsp3) is 0.462. The van der Waals surface area contributed by atoms with Crippen LogP contribution in [-0.4, -0.2) is 30.8 Å². The first-order valence-corrected chi connectivity index (χ1v) is 7.69. The summed E-state index contributed by atoms with van der Waals surface area (Å²) >= 11 is 0. The van der Waals surface area contributed by atoms with Crippen molar-refractivity contribution in [3.05, 3.63) is 35.4 Å². The molecule has 98 valence electrons. The van der Waals surface area contributed by atoms with E-state index in [4.69, 9.17) is 0 Å². The molecule has 4 nitrogen and oxygen atoms in total. The standard InChI is InChI=1S/C13H16O4S/c1-10(14)11-4-2-3-5-12(11)13(15)6-8-18(16,17)9-7-13/h2-5,15H,6-9H2,1H3. The maximum Gasteiger partial charge on any atom is 0.160 e. The lowest BCUT2D eigenvalue weighted by Crippen LogP contribution is -2.37. The SMILES string of the molecule is CC(=O)c1ccccc1C1(O)CCS(=O)(=O)CC1. The Morgan fingerprint density at radius 2 is 1.78 bits per heavy atom. The molecule has 0 spiro atoms. The van der Waals surface area contributed by atoms with E-state index in [2.05, 4.69) is 0 Å². The van der Waals surface area contributed by atoms with E-state index in [9.17, 15) is 18.3 Å². The van der Waals surface area contributed by atoms with Crippen LogP contribution in [0.15, 0.2) is 24.3 Å². The Hall–Kier alpha value is -1.20. The largest absolute Gasteiger partial charge is 0.385 e. The normalized spacial score (nSPS) is 21.4. The summed E-state index contributed by atoms with van der Waals surface area (Å²) in [4.78, 5) is 11.5. The fourth-order valence-electron chi connectivity index (χ4n) is 2.34. The molecular formula is C13H16O4S. The van der Waals surface area contributed by atoms with Crippen molar-refractivity contribution in [1.29, 1.82) is 0 Å². The van der Waals surface area contributed by atoms with Gasteiger partial charge in [-0.1, -0.05) is 24.3 Å². The number of carbonyl (C=O) groups excluding carboxylic acids is 1. The van der Waals surface area contributed by atoms with Crippen LogP contribution in [0.1, 0.15) is 35.7 Å². The van der Waals surface area contributed by atoms with Crippen LogP contribution in [-0.2, 0) is 15.4 Å². The predicted molar refractivity (Wildman–Crippen MR) is 68.2 cm³/mol. The molecule has 0 bridgehead atoms. The summed E-state index contributed by atoms with van der Waals surface area (Å²) in [7, 11) is -3.04. The van der Waals surface area contributed by atoms with Gasteiger partial charge in [-0.05, 0) is 25.3 Å². The third kappa shape index (κ3) is 2.47. The molecule has 1 N–H and O–H groups in total. The molecule has 5 heteroatoms. The molecule has 2 rings (SSSR count). The minimum atomic E-state index is -3.04. The molecule has 0 saturated carbocycles. The zero-order valence-corrected chi connectivity index (χ0v) is 11.0. The zero-order chi connectivity index (χ0) is 13.4. The Morgan fingerprint density at radius 1 is 1.22 bits per heavy atom. The summed E-state index contributed by atoms with van der Waals surface area (Å²) in [5.74, 6) is -0.182. The van der Waals surface area contributed by atoms with Crippen LogP contribution in [0.4, 0.5) is 0 Å². The van der Waals surface area contributed by atoms with Crippen LogP contribution in [0.3, 0.4) is 0 Å². The molecule has 0 atom stereocenters. The van der Waals surface area contributed by atoms with Crippen LogP contribution in [0, 0.1) is 0 Å². The maximum atomic E-state index is 11.5. The molecule has 1 saturated heterocycles. The molecule has 18 heavy (non-hydrogen) atoms. The number of ketones is 1. The molecule has 1 aromatic carbocycles. The number of aliphatic hydroxyl groups is 1. The van der Waals surface area contributed by atoms with Crippen LogP contribution >= 0.6 is 0 Å². The Morgan fingerprint density at radius 3 is 2.33 bits per heavy atom. The topological polar surface area (TPSA) is 71.4 Å². The first-order chi connectivity index (χ1) is 8.34. The lowest BCUT2D eigenvalue weighted by atomic mass is 9.84. The minimum Gasteiger partial charge on any atom is -0.385 e. The lowest BCUT2D eigenvalue weighted by Gasteiger charge is -2.33. The second-order valence-electron chi connectivity index (χ2n) is 4.79. The van der Waals surface area contributed by atoms with Gasteiger partial charge in [-0.2, -0.15) is 0 Å². The molecule has 1 aliphatic rings. The number of hydrogen-bond donors (Lipinski definition) is 1. The van der Waals surface area contributed by atoms with Crippen LogP contribution in [0.2, 0.25) is 0 Å². The molecule has 0 amide bonds. The number of carbonyl (C=O) groups is 1. The van der Waals surface area contributed by atoms with Crippen molar-refractivity contribution >= 4 is 15.6 Å². The van der Waals surface area contributed by atoms with E-state index in [-0.39, 0.29) is 30.1 Å². The molecule has 1 fully saturated rings. The smallest absolute Gasteiger partial charge is 0.160 e. The summed E-state index contributed by atoms with van der Waals surface area (Å²) in [6.45, 7) is 1.45. The Labute approximate surface area is 107 Å². The van der Waals surface area contributed by atoms with Gasteiger partial charge in [0.2, 0.25) is 0 Å². The van der Waals surface area contributed by atoms with E-state index in [0.717, 1.165) is 0 Å². The molecule has 0 aromatic heterocycles. The average Bonchev–Trinajstić information content (AvgIpc) is 2.33. The number of Topliss-reactive ketones (excluding diaryl/α,β-unsaturated/α-hetero) is 1. The summed E-state index contributed by atoms with van der Waals surface area (Å²) in [5.41, 5.74) is -0.181. The van der Waals surface area contributed by atoms with E-state index in [1.165, 1.54) is 6.92 Å². The van der Waals surface area contributed by atoms with Crippen molar-refractivity contribution < 1.29 is 18.3 Å². The summed E-state index contributed by atoms with van der Waals surface area (Å²) in [6, 6.07) is 6.86. The summed E-state index contributed by atoms with van der Waals surface area (Å²) in [6.07, 6.45) is 0.305. The third-order valence-electron chi connectivity index (χ3n) is 3.46. The highest BCUT2D eigenvalue weighted by molar-refractivity contribution is 7.91. The van der Waals surface area contributed by atoms with Crippen molar-refractivity contribution in [2.45, 2.75) is 25.4 Å². The van der Waals surface area contributed by atoms with Gasteiger partial charge in [0.25, 0.3) is 0 Å². The minimum absolute atomic E-state index is 0.0320. The van der Waals surface area contributed by atoms with Crippen molar-refractivity contribution in [2.75, 3.05) is 11.5 Å². The highest BCUT2D eigenvalue weighted by atomic mass is 32.2. The zero-order valence-electron chi connectivity index (χ0n) is 10.2. The second kappa shape index (κ2) is 4.48. The number of sulfone groups is 1. The molecule has 1 aromatic rings. The Kier molecular flexibility index (Phi) is 3.29. The Balaban J connectivity index is 2.40. The van der Waals surface area contributed by atoms with Crippen molar-refractivity contribution in [3.8, 4) is 0 Å². The van der Waals surface area contributed by atoms with Crippen molar-refractivity contribution in [2.24, 2.45) is 0 Å². The highest BCUT2D eigenvalue weighted by Gasteiger charge is 2.38. The molecule has 0 aliphatic carbocycles. The highest BCUT2D eigenvalue weighted by Crippen LogP contribution is 2.35. The molecule has 1 aliphatic heterocycles. The van der Waals surface area contributed by atoms with E-state index in [1.54, 1.807) is 24.3 Å². The molecule has 0 radical (unpaired) electrons. The van der Waals surface area contributed by atoms with Gasteiger partial charge in [0.1, 0.15) is 0 Å². The van der Waals surface area contributed by atoms with Gasteiger partial charge in [-0.3, -0.25) is 4.79 Å². The van der Waals surface area contributed by atoms with Gasteiger partial charge >= 0.3 is 0 Å². The first-order valence-electron chi connectivity index (χ1n) is 5.87. The van der Waals surface area contributed by atoms with E-state index < -0.39 is 15.4 Å². The van der Waals surface area contributed by atoms with Gasteiger partial charge in [-0.25, -0.2) is 8.42 Å². The maximum absolute atomic E-state index is 11.5. The average molecular weight is 268 g/mol. The van der Waals surface area contributed by atoms with Gasteiger partial charge < -0.3 is 5.11 Å². The van der Waals surface area contributed by atoms with Crippen LogP contribution in [0.5, 0.6) is 0 Å². The van der Waals surface area contributed by atoms with E-state index in [0.29, 0.717) is 11.1 Å². The van der Waals surface area contributed by atoms with Gasteiger partial charge in [0.15, 0.2) is 15.6 Å². The first kappa shape index (κ1) is 13.2. The van der Waals surface area contributed by atoms with Crippen LogP contribution < -0.4 is 0 Å². The van der Waals surface area contributed by atoms with Crippen molar-refractivity contribution in [1.82, 2.24) is 0 Å². The molecular weight excluding hydrogens is 252 g/mol. The number of hydrogen-bond acceptors (Lipinski definition) is 4. The number of benzene rings is 1. The van der Waals surface area contributed by atoms with E-state index in [1.807, 2.05) is 0 Å². The van der Waals surface area contributed by atoms with Gasteiger partial charge in [0.05, 0.1) is 17.1 Å². The van der Waals surface area contributed by atoms with Crippen molar-refractivity contribution in [3.63, 3.8) is 0 Å². The number of rotatable bonds is 2. The second-order valence-corrected chi connectivity index (χ2v) is 7.09. The lowest BCUT2D eigenvalue weighted by molar-refractivity contribution is 0.0254. The van der Waals surface area contributed by atoms with Gasteiger partial charge in [-0.15, -0.1) is 0 Å². The third-order valence-corrected chi connectivity index (χ3v) is 5.11. The van der Waals surface area contributed by atoms with Crippen LogP contribution in [0.25, 0.3) is 0 Å². The monoisotopic (exact) mass is 268 g/mol. The summed E-state index contributed by atoms with van der Waals surface area (Å²) in [5, 5.41) is 10.6. The summed E-state index contributed by atoms with van der Waals surface area (Å²) < 4.78 is 22.8. The predicted octanol–water partition coefficient (Wildman–Crippen LogP) is 1.29. The molecule has 1 heterocycles. The fourth-order valence-corrected chi connectivity index (χ4v) is 3.84. The molecule has 0 unspecified atom stereocenters. The van der Waals surface area contributed by atoms with Gasteiger partial charge in [0, 0.05) is 5.56 Å².